The Hall–Kier alpha value is -1.85. The van der Waals surface area contributed by atoms with Crippen molar-refractivity contribution in [1.29, 1.82) is 0 Å². The molecule has 9 nitrogen and oxygen atoms in total. The second-order valence-corrected chi connectivity index (χ2v) is 7.73. The Kier molecular flexibility index (Phi) is 8.51. The van der Waals surface area contributed by atoms with E-state index in [9.17, 15) is 24.3 Å². The van der Waals surface area contributed by atoms with Crippen molar-refractivity contribution in [3.8, 4) is 0 Å². The molecule has 2 aliphatic rings. The van der Waals surface area contributed by atoms with Crippen LogP contribution < -0.4 is 45.7 Å². The van der Waals surface area contributed by atoms with Crippen LogP contribution in [0.1, 0.15) is 18.1 Å². The second kappa shape index (κ2) is 10.5. The van der Waals surface area contributed by atoms with Crippen LogP contribution in [0.5, 0.6) is 0 Å². The molecule has 3 N–H and O–H groups in total. The molecule has 1 aromatic carbocycles. The summed E-state index contributed by atoms with van der Waals surface area (Å²) < 4.78 is 4.87. The number of ether oxygens (including phenoxy) is 1. The van der Waals surface area contributed by atoms with Crippen molar-refractivity contribution >= 4 is 35.5 Å². The molecule has 0 bridgehead atoms. The maximum atomic E-state index is 12.6. The monoisotopic (exact) mass is 441 g/mol. The number of nitrogens with one attached hydrogen (secondary N) is 1. The first-order chi connectivity index (χ1) is 13.8. The molecule has 2 heterocycles. The second-order valence-electron chi connectivity index (χ2n) is 6.62. The van der Waals surface area contributed by atoms with E-state index in [4.69, 9.17) is 10.5 Å². The number of esters is 1. The fraction of sp³-hybridized carbons (Fsp3) is 0.368. The van der Waals surface area contributed by atoms with Crippen LogP contribution in [0.4, 0.5) is 0 Å². The molecule has 2 atom stereocenters. The van der Waals surface area contributed by atoms with Crippen molar-refractivity contribution in [2.24, 2.45) is 5.73 Å². The molecule has 1 aromatic rings. The molecule has 30 heavy (non-hydrogen) atoms. The standard InChI is InChI=1S/C19H21N3O6S.Na/c1-10(23)28-8-13-9-29-18-15(17(25)22(18)16(13)19(26)27)21-14(24)6-11-4-2-3-5-12(11)7-20;/h2-5,15,18H,6-9,20H2,1H3,(H,21,24)(H,26,27);/q;+1/p-1/t15?,18-;/m1./s1. The Morgan fingerprint density at radius 3 is 2.57 bits per heavy atom. The Balaban J connectivity index is 0.00000320. The molecule has 1 saturated heterocycles. The van der Waals surface area contributed by atoms with E-state index in [2.05, 4.69) is 5.32 Å². The number of amides is 2. The largest absolute Gasteiger partial charge is 1.00 e. The van der Waals surface area contributed by atoms with Crippen molar-refractivity contribution in [2.75, 3.05) is 12.4 Å². The maximum absolute atomic E-state index is 12.6. The van der Waals surface area contributed by atoms with Crippen LogP contribution in [0.15, 0.2) is 35.5 Å². The molecule has 0 aliphatic carbocycles. The summed E-state index contributed by atoms with van der Waals surface area (Å²) in [6.07, 6.45) is 0.0649. The average molecular weight is 441 g/mol. The number of fused-ring (bicyclic) bond motifs is 1. The summed E-state index contributed by atoms with van der Waals surface area (Å²) in [5.41, 5.74) is 7.29. The number of carboxylic acids is 1. The van der Waals surface area contributed by atoms with Gasteiger partial charge in [-0.1, -0.05) is 24.3 Å². The van der Waals surface area contributed by atoms with Gasteiger partial charge in [0.25, 0.3) is 5.91 Å². The van der Waals surface area contributed by atoms with Gasteiger partial charge in [-0.05, 0) is 11.1 Å². The molecule has 2 amide bonds. The third kappa shape index (κ3) is 5.06. The smallest absolute Gasteiger partial charge is 0.543 e. The summed E-state index contributed by atoms with van der Waals surface area (Å²) in [6.45, 7) is 1.28. The van der Waals surface area contributed by atoms with E-state index in [-0.39, 0.29) is 65.5 Å². The molecule has 1 unspecified atom stereocenters. The number of thioether (sulfide) groups is 1. The van der Waals surface area contributed by atoms with Crippen LogP contribution in [0.3, 0.4) is 0 Å². The first-order valence-corrected chi connectivity index (χ1v) is 9.96. The van der Waals surface area contributed by atoms with Gasteiger partial charge in [0.15, 0.2) is 0 Å². The molecule has 0 saturated carbocycles. The maximum Gasteiger partial charge on any atom is 1.00 e. The zero-order chi connectivity index (χ0) is 21.1. The summed E-state index contributed by atoms with van der Waals surface area (Å²) >= 11 is 1.29. The van der Waals surface area contributed by atoms with Crippen LogP contribution in [-0.4, -0.2) is 52.4 Å². The zero-order valence-electron chi connectivity index (χ0n) is 16.7. The summed E-state index contributed by atoms with van der Waals surface area (Å²) in [7, 11) is 0. The van der Waals surface area contributed by atoms with Gasteiger partial charge >= 0.3 is 35.5 Å². The third-order valence-corrected chi connectivity index (χ3v) is 6.04. The Morgan fingerprint density at radius 1 is 1.30 bits per heavy atom. The number of carbonyl (C=O) groups excluding carboxylic acids is 4. The molecular weight excluding hydrogens is 421 g/mol. The number of rotatable bonds is 7. The van der Waals surface area contributed by atoms with Crippen molar-refractivity contribution in [1.82, 2.24) is 10.2 Å². The summed E-state index contributed by atoms with van der Waals surface area (Å²) in [5, 5.41) is 13.7. The number of carboxylic acid groups (broad SMARTS) is 1. The molecule has 154 valence electrons. The quantitative estimate of drug-likeness (QED) is 0.246. The van der Waals surface area contributed by atoms with E-state index >= 15 is 0 Å². The van der Waals surface area contributed by atoms with Crippen LogP contribution in [0.2, 0.25) is 0 Å². The van der Waals surface area contributed by atoms with Gasteiger partial charge in [-0.3, -0.25) is 19.3 Å². The number of benzene rings is 1. The first-order valence-electron chi connectivity index (χ1n) is 8.91. The minimum absolute atomic E-state index is 0. The van der Waals surface area contributed by atoms with Crippen LogP contribution >= 0.6 is 11.8 Å². The SMILES string of the molecule is CC(=O)OCC1=C(C(=O)[O-])N2C(=O)C(NC(=O)Cc3ccccc3CN)[C@H]2SC1.[Na+]. The number of nitrogens with zero attached hydrogens (tertiary/aromatic N) is 1. The molecule has 11 heteroatoms. The fourth-order valence-corrected chi connectivity index (χ4v) is 4.63. The van der Waals surface area contributed by atoms with E-state index in [1.54, 1.807) is 12.1 Å². The molecule has 3 rings (SSSR count). The molecular formula is C19H20N3NaO6S. The minimum Gasteiger partial charge on any atom is -0.543 e. The van der Waals surface area contributed by atoms with Gasteiger partial charge in [0.2, 0.25) is 5.91 Å². The van der Waals surface area contributed by atoms with Crippen LogP contribution in [0, 0.1) is 0 Å². The van der Waals surface area contributed by atoms with Crippen molar-refractivity contribution in [3.05, 3.63) is 46.7 Å². The Labute approximate surface area is 199 Å². The number of nitrogens with two attached hydrogens (primary N) is 1. The van der Waals surface area contributed by atoms with Gasteiger partial charge in [-0.15, -0.1) is 11.8 Å². The molecule has 2 aliphatic heterocycles. The summed E-state index contributed by atoms with van der Waals surface area (Å²) in [5.74, 6) is -2.73. The van der Waals surface area contributed by atoms with Crippen molar-refractivity contribution in [2.45, 2.75) is 31.3 Å². The topological polar surface area (TPSA) is 142 Å². The van der Waals surface area contributed by atoms with Gasteiger partial charge in [0.05, 0.1) is 18.1 Å². The Morgan fingerprint density at radius 2 is 1.97 bits per heavy atom. The predicted octanol–water partition coefficient (Wildman–Crippen LogP) is -4.34. The number of aliphatic carboxylic acids is 1. The van der Waals surface area contributed by atoms with Gasteiger partial charge in [-0.25, -0.2) is 0 Å². The molecule has 0 aromatic heterocycles. The van der Waals surface area contributed by atoms with Crippen LogP contribution in [0.25, 0.3) is 0 Å². The predicted molar refractivity (Wildman–Crippen MR) is 102 cm³/mol. The minimum atomic E-state index is -1.52. The number of β-lactam (4-membered cyclic amide) rings is 1. The fourth-order valence-electron chi connectivity index (χ4n) is 3.30. The van der Waals surface area contributed by atoms with E-state index in [0.717, 1.165) is 16.0 Å². The normalized spacial score (nSPS) is 19.9. The third-order valence-electron chi connectivity index (χ3n) is 4.70. The van der Waals surface area contributed by atoms with Gasteiger partial charge < -0.3 is 25.7 Å². The molecule has 0 radical (unpaired) electrons. The number of hydrogen-bond acceptors (Lipinski definition) is 8. The van der Waals surface area contributed by atoms with Gasteiger partial charge in [-0.2, -0.15) is 0 Å². The van der Waals surface area contributed by atoms with E-state index in [0.29, 0.717) is 6.54 Å². The molecule has 1 fully saturated rings. The Bertz CT molecular complexity index is 906. The average Bonchev–Trinajstić information content (AvgIpc) is 2.69. The van der Waals surface area contributed by atoms with Gasteiger partial charge in [0, 0.05) is 24.8 Å². The number of carbonyl (C=O) groups is 4. The van der Waals surface area contributed by atoms with Crippen molar-refractivity contribution < 1.29 is 58.6 Å². The summed E-state index contributed by atoms with van der Waals surface area (Å²) in [4.78, 5) is 48.6. The zero-order valence-corrected chi connectivity index (χ0v) is 19.5. The molecule has 0 spiro atoms. The van der Waals surface area contributed by atoms with Crippen molar-refractivity contribution in [3.63, 3.8) is 0 Å². The summed E-state index contributed by atoms with van der Waals surface area (Å²) in [6, 6.07) is 6.43. The van der Waals surface area contributed by atoms with Gasteiger partial charge in [0.1, 0.15) is 18.0 Å². The van der Waals surface area contributed by atoms with E-state index < -0.39 is 29.3 Å². The van der Waals surface area contributed by atoms with Crippen LogP contribution in [-0.2, 0) is 36.9 Å². The van der Waals surface area contributed by atoms with E-state index in [1.165, 1.54) is 18.7 Å². The van der Waals surface area contributed by atoms with E-state index in [1.807, 2.05) is 12.1 Å². The number of hydrogen-bond donors (Lipinski definition) is 2. The first kappa shape index (κ1) is 24.4.